The van der Waals surface area contributed by atoms with Gasteiger partial charge in [0.2, 0.25) is 0 Å². The minimum atomic E-state index is -0.470. The van der Waals surface area contributed by atoms with Gasteiger partial charge in [-0.2, -0.15) is 0 Å². The lowest BCUT2D eigenvalue weighted by Crippen LogP contribution is -2.19. The van der Waals surface area contributed by atoms with Gasteiger partial charge >= 0.3 is 0 Å². The van der Waals surface area contributed by atoms with Crippen LogP contribution in [0.25, 0.3) is 50.5 Å². The van der Waals surface area contributed by atoms with E-state index in [0.717, 1.165) is 61.9 Å². The SMILES string of the molecule is C=C/C=C(\C=C/C(c1ccccc1Cc1ccccc1)c1cccc2oc3ccccc3c12)c1ccc2c(c1)-c1ccccc1C2(C)/C=C(\OCc1ccccc1/C=C\C)c1ccccc1C.C=CC.CC.CC. The molecule has 372 valence electrons. The largest absolute Gasteiger partial charge is 0.489 e. The van der Waals surface area contributed by atoms with Crippen LogP contribution in [0.4, 0.5) is 0 Å². The van der Waals surface area contributed by atoms with Gasteiger partial charge in [0, 0.05) is 27.7 Å². The lowest BCUT2D eigenvalue weighted by atomic mass is 9.78. The molecule has 2 atom stereocenters. The van der Waals surface area contributed by atoms with E-state index < -0.39 is 5.41 Å². The van der Waals surface area contributed by atoms with E-state index in [4.69, 9.17) is 9.15 Å². The van der Waals surface area contributed by atoms with Crippen LogP contribution in [0, 0.1) is 6.92 Å². The quantitative estimate of drug-likeness (QED) is 0.0615. The monoisotopic (exact) mass is 969 g/mol. The van der Waals surface area contributed by atoms with Gasteiger partial charge < -0.3 is 9.15 Å². The van der Waals surface area contributed by atoms with Gasteiger partial charge in [-0.1, -0.05) is 247 Å². The maximum Gasteiger partial charge on any atom is 0.135 e. The van der Waals surface area contributed by atoms with Crippen molar-refractivity contribution >= 4 is 39.3 Å². The zero-order valence-corrected chi connectivity index (χ0v) is 44.7. The molecule has 0 aliphatic heterocycles. The smallest absolute Gasteiger partial charge is 0.135 e. The second-order valence-corrected chi connectivity index (χ2v) is 18.1. The number of benzene rings is 8. The molecule has 0 bridgehead atoms. The number of rotatable bonds is 14. The third kappa shape index (κ3) is 11.7. The molecule has 0 spiro atoms. The molecule has 2 heteroatoms. The Balaban J connectivity index is 0.00000109. The van der Waals surface area contributed by atoms with Gasteiger partial charge in [0.25, 0.3) is 0 Å². The van der Waals surface area contributed by atoms with Crippen LogP contribution in [-0.4, -0.2) is 0 Å². The van der Waals surface area contributed by atoms with E-state index in [1.807, 2.05) is 46.8 Å². The lowest BCUT2D eigenvalue weighted by Gasteiger charge is -2.26. The van der Waals surface area contributed by atoms with Crippen molar-refractivity contribution in [3.63, 3.8) is 0 Å². The van der Waals surface area contributed by atoms with E-state index >= 15 is 0 Å². The molecule has 1 aromatic heterocycles. The van der Waals surface area contributed by atoms with E-state index in [0.29, 0.717) is 6.61 Å². The Morgan fingerprint density at radius 2 is 1.27 bits per heavy atom. The second kappa shape index (κ2) is 26.0. The van der Waals surface area contributed by atoms with Crippen molar-refractivity contribution < 1.29 is 9.15 Å². The average molecular weight is 969 g/mol. The predicted octanol–water partition coefficient (Wildman–Crippen LogP) is 20.3. The summed E-state index contributed by atoms with van der Waals surface area (Å²) in [6.07, 6.45) is 17.9. The molecule has 9 aromatic rings. The topological polar surface area (TPSA) is 22.4 Å². The maximum atomic E-state index is 6.94. The summed E-state index contributed by atoms with van der Waals surface area (Å²) in [6.45, 7) is 24.5. The molecule has 0 N–H and O–H groups in total. The minimum Gasteiger partial charge on any atom is -0.489 e. The molecule has 1 aliphatic rings. The van der Waals surface area contributed by atoms with Gasteiger partial charge in [0.05, 0.1) is 0 Å². The highest BCUT2D eigenvalue weighted by Crippen LogP contribution is 2.52. The van der Waals surface area contributed by atoms with Crippen LogP contribution in [0.1, 0.15) is 116 Å². The van der Waals surface area contributed by atoms with E-state index in [1.165, 1.54) is 50.1 Å². The predicted molar refractivity (Wildman–Crippen MR) is 321 cm³/mol. The number of para-hydroxylation sites is 1. The first-order chi connectivity index (χ1) is 36.3. The Morgan fingerprint density at radius 3 is 2.04 bits per heavy atom. The van der Waals surface area contributed by atoms with Crippen molar-refractivity contribution in [2.24, 2.45) is 0 Å². The van der Waals surface area contributed by atoms with Crippen molar-refractivity contribution in [1.29, 1.82) is 0 Å². The van der Waals surface area contributed by atoms with Crippen molar-refractivity contribution in [2.45, 2.75) is 79.8 Å². The number of furan rings is 1. The van der Waals surface area contributed by atoms with Crippen molar-refractivity contribution in [2.75, 3.05) is 0 Å². The summed E-state index contributed by atoms with van der Waals surface area (Å²) >= 11 is 0. The van der Waals surface area contributed by atoms with Crippen LogP contribution in [0.15, 0.2) is 248 Å². The molecule has 8 aromatic carbocycles. The fraction of sp³-hybridized carbons (Fsp3) is 0.167. The first-order valence-electron chi connectivity index (χ1n) is 26.3. The van der Waals surface area contributed by atoms with Crippen molar-refractivity contribution in [3.05, 3.63) is 305 Å². The highest BCUT2D eigenvalue weighted by molar-refractivity contribution is 6.07. The summed E-state index contributed by atoms with van der Waals surface area (Å²) in [6, 6.07) is 67.4. The summed E-state index contributed by atoms with van der Waals surface area (Å²) in [4.78, 5) is 0. The maximum absolute atomic E-state index is 6.94. The lowest BCUT2D eigenvalue weighted by molar-refractivity contribution is 0.262. The molecule has 2 unspecified atom stereocenters. The highest BCUT2D eigenvalue weighted by Gasteiger charge is 2.39. The van der Waals surface area contributed by atoms with Gasteiger partial charge in [-0.3, -0.25) is 0 Å². The fourth-order valence-electron chi connectivity index (χ4n) is 10.2. The van der Waals surface area contributed by atoms with Crippen molar-refractivity contribution in [3.8, 4) is 11.1 Å². The standard InChI is InChI=1S/C65H54O2.C3H6.2C2H6/c1-5-21-47-26-11-12-28-51(47)44-66-63(52-29-14-10-23-45(52)3)43-65(4)59-34-18-16-31-55(59)58-42-49(38-40-60(58)65)48(22-6-2)37-39-54(53-30-15-13-27-50(53)41-46-24-8-7-9-25-46)56-33-20-36-62-64(56)57-32-17-19-35-61(57)67-62;1-3-2;2*1-2/h5-40,42-43,54H,2,41,44H2,1,3-4H3;3H,1H2,2H3;2*1-2H3/b21-5-,39-37-,48-22+,63-43-;;;. The molecule has 2 nitrogen and oxygen atoms in total. The first kappa shape index (κ1) is 53.6. The third-order valence-electron chi connectivity index (χ3n) is 13.5. The van der Waals surface area contributed by atoms with E-state index in [2.05, 4.69) is 252 Å². The summed E-state index contributed by atoms with van der Waals surface area (Å²) in [7, 11) is 0. The number of allylic oxidation sites excluding steroid dienone is 8. The van der Waals surface area contributed by atoms with Gasteiger partial charge in [-0.15, -0.1) is 6.58 Å². The van der Waals surface area contributed by atoms with Crippen LogP contribution >= 0.6 is 0 Å². The van der Waals surface area contributed by atoms with Gasteiger partial charge in [0.15, 0.2) is 0 Å². The number of aryl methyl sites for hydroxylation is 1. The normalized spacial score (nSPS) is 14.2. The molecule has 0 saturated heterocycles. The Morgan fingerprint density at radius 1 is 0.635 bits per heavy atom. The zero-order chi connectivity index (χ0) is 52.5. The molecule has 0 saturated carbocycles. The molecule has 0 fully saturated rings. The molecule has 1 heterocycles. The average Bonchev–Trinajstić information content (AvgIpc) is 3.95. The third-order valence-corrected chi connectivity index (χ3v) is 13.5. The van der Waals surface area contributed by atoms with Crippen LogP contribution in [-0.2, 0) is 23.2 Å². The van der Waals surface area contributed by atoms with Crippen LogP contribution in [0.2, 0.25) is 0 Å². The molecule has 0 amide bonds. The number of ether oxygens (including phenoxy) is 1. The molecule has 0 radical (unpaired) electrons. The summed E-state index contributed by atoms with van der Waals surface area (Å²) in [5, 5.41) is 2.27. The second-order valence-electron chi connectivity index (χ2n) is 18.1. The van der Waals surface area contributed by atoms with E-state index in [-0.39, 0.29) is 5.92 Å². The Kier molecular flexibility index (Phi) is 18.8. The number of hydrogen-bond acceptors (Lipinski definition) is 2. The summed E-state index contributed by atoms with van der Waals surface area (Å²) in [5.74, 6) is 0.794. The molecular weight excluding hydrogens is 897 g/mol. The molecular formula is C72H72O2. The summed E-state index contributed by atoms with van der Waals surface area (Å²) < 4.78 is 13.4. The number of fused-ring (bicyclic) bond motifs is 6. The van der Waals surface area contributed by atoms with Crippen LogP contribution in [0.5, 0.6) is 0 Å². The van der Waals surface area contributed by atoms with Crippen molar-refractivity contribution in [1.82, 2.24) is 0 Å². The summed E-state index contributed by atoms with van der Waals surface area (Å²) in [5.41, 5.74) is 18.1. The Labute approximate surface area is 442 Å². The van der Waals surface area contributed by atoms with E-state index in [9.17, 15) is 0 Å². The minimum absolute atomic E-state index is 0.0776. The van der Waals surface area contributed by atoms with Gasteiger partial charge in [-0.05, 0) is 131 Å². The van der Waals surface area contributed by atoms with Crippen LogP contribution in [0.3, 0.4) is 0 Å². The molecule has 1 aliphatic carbocycles. The zero-order valence-electron chi connectivity index (χ0n) is 44.7. The Hall–Kier alpha value is -8.20. The highest BCUT2D eigenvalue weighted by atomic mass is 16.5. The fourth-order valence-corrected chi connectivity index (χ4v) is 10.2. The first-order valence-corrected chi connectivity index (χ1v) is 26.3. The van der Waals surface area contributed by atoms with E-state index in [1.54, 1.807) is 6.08 Å². The molecule has 10 rings (SSSR count). The van der Waals surface area contributed by atoms with Gasteiger partial charge in [0.1, 0.15) is 23.5 Å². The molecule has 74 heavy (non-hydrogen) atoms. The van der Waals surface area contributed by atoms with Crippen LogP contribution < -0.4 is 0 Å². The Bertz CT molecular complexity index is 3450. The van der Waals surface area contributed by atoms with Gasteiger partial charge in [-0.25, -0.2) is 0 Å². The number of hydrogen-bond donors (Lipinski definition) is 0.